The number of aryl methyl sites for hydroxylation is 1. The molecule has 4 rings (SSSR count). The molecule has 0 amide bonds. The van der Waals surface area contributed by atoms with Crippen molar-refractivity contribution in [3.8, 4) is 5.75 Å². The highest BCUT2D eigenvalue weighted by molar-refractivity contribution is 7.99. The maximum Gasteiger partial charge on any atom is 0.168 e. The van der Waals surface area contributed by atoms with Crippen molar-refractivity contribution in [1.29, 1.82) is 0 Å². The number of hydrogen-bond donors (Lipinski definition) is 5. The molecule has 5 N–H and O–H groups in total. The lowest BCUT2D eigenvalue weighted by Gasteiger charge is -2.14. The molecule has 3 aromatic rings. The number of unbranched alkanes of at least 4 members (excludes halogenated alkanes) is 3. The van der Waals surface area contributed by atoms with E-state index in [4.69, 9.17) is 9.47 Å². The smallest absolute Gasteiger partial charge is 0.168 e. The van der Waals surface area contributed by atoms with Gasteiger partial charge in [0.15, 0.2) is 5.16 Å². The Labute approximate surface area is 240 Å². The van der Waals surface area contributed by atoms with Crippen LogP contribution in [0.5, 0.6) is 5.75 Å². The second-order valence-corrected chi connectivity index (χ2v) is 11.0. The van der Waals surface area contributed by atoms with E-state index in [1.54, 1.807) is 12.1 Å². The van der Waals surface area contributed by atoms with Crippen LogP contribution in [-0.2, 0) is 35.8 Å². The lowest BCUT2D eigenvalue weighted by Crippen LogP contribution is -2.22. The van der Waals surface area contributed by atoms with Gasteiger partial charge in [0.1, 0.15) is 5.75 Å². The minimum absolute atomic E-state index is 0.0428. The van der Waals surface area contributed by atoms with Crippen molar-refractivity contribution in [2.45, 2.75) is 63.2 Å². The summed E-state index contributed by atoms with van der Waals surface area (Å²) in [5, 5.41) is 37.0. The predicted molar refractivity (Wildman–Crippen MR) is 158 cm³/mol. The van der Waals surface area contributed by atoms with Crippen molar-refractivity contribution in [3.05, 3.63) is 71.0 Å². The summed E-state index contributed by atoms with van der Waals surface area (Å²) in [6.45, 7) is 5.24. The summed E-state index contributed by atoms with van der Waals surface area (Å²) in [5.74, 6) is 1.16. The highest BCUT2D eigenvalue weighted by Gasteiger charge is 2.14. The van der Waals surface area contributed by atoms with Crippen molar-refractivity contribution in [3.63, 3.8) is 0 Å². The molecule has 10 heteroatoms. The first kappa shape index (κ1) is 30.4. The number of aromatic hydroxyl groups is 1. The van der Waals surface area contributed by atoms with Gasteiger partial charge in [-0.15, -0.1) is 0 Å². The highest BCUT2D eigenvalue weighted by atomic mass is 32.2. The van der Waals surface area contributed by atoms with E-state index in [0.717, 1.165) is 73.2 Å². The summed E-state index contributed by atoms with van der Waals surface area (Å²) >= 11 is 1.81. The normalized spacial score (nSPS) is 13.4. The number of aliphatic hydroxyl groups excluding tert-OH is 2. The average molecular weight is 571 g/mol. The van der Waals surface area contributed by atoms with Crippen LogP contribution < -0.4 is 10.6 Å². The number of fused-ring (bicyclic) bond motifs is 1. The number of phenols is 1. The van der Waals surface area contributed by atoms with Gasteiger partial charge in [-0.3, -0.25) is 0 Å². The van der Waals surface area contributed by atoms with Crippen molar-refractivity contribution in [2.24, 2.45) is 0 Å². The Kier molecular flexibility index (Phi) is 12.6. The van der Waals surface area contributed by atoms with Crippen molar-refractivity contribution >= 4 is 17.4 Å². The second-order valence-electron chi connectivity index (χ2n) is 9.96. The van der Waals surface area contributed by atoms with Crippen LogP contribution in [0.15, 0.2) is 53.8 Å². The number of ether oxygens (including phenoxy) is 2. The van der Waals surface area contributed by atoms with Gasteiger partial charge in [-0.2, -0.15) is 0 Å². The molecule has 40 heavy (non-hydrogen) atoms. The molecule has 2 aromatic carbocycles. The Balaban J connectivity index is 0.961. The van der Waals surface area contributed by atoms with Crippen LogP contribution in [0.3, 0.4) is 0 Å². The van der Waals surface area contributed by atoms with Gasteiger partial charge in [0.25, 0.3) is 0 Å². The van der Waals surface area contributed by atoms with Crippen LogP contribution in [0, 0.1) is 0 Å². The topological polar surface area (TPSA) is 121 Å². The van der Waals surface area contributed by atoms with Crippen molar-refractivity contribution in [2.75, 3.05) is 44.0 Å². The predicted octanol–water partition coefficient (Wildman–Crippen LogP) is 4.22. The molecule has 1 aliphatic heterocycles. The summed E-state index contributed by atoms with van der Waals surface area (Å²) in [5.41, 5.74) is 4.38. The maximum atomic E-state index is 10.3. The zero-order valence-corrected chi connectivity index (χ0v) is 23.9. The first-order chi connectivity index (χ1) is 19.6. The number of nitrogens with one attached hydrogen (secondary N) is 2. The van der Waals surface area contributed by atoms with Gasteiger partial charge in [-0.05, 0) is 54.8 Å². The molecular weight excluding hydrogens is 528 g/mol. The SMILES string of the molecule is OCc1cc([C@@H](O)CNCCCCCCOCCOCc2cccc(NCc3cn4c(n3)SCC4)c2)ccc1O. The van der Waals surface area contributed by atoms with Crippen LogP contribution in [0.1, 0.15) is 54.2 Å². The maximum absolute atomic E-state index is 10.3. The number of imidazole rings is 1. The third kappa shape index (κ3) is 9.79. The fourth-order valence-electron chi connectivity index (χ4n) is 4.52. The second kappa shape index (κ2) is 16.6. The largest absolute Gasteiger partial charge is 0.508 e. The Hall–Kier alpha value is -2.60. The average Bonchev–Trinajstić information content (AvgIpc) is 3.57. The number of nitrogens with zero attached hydrogens (tertiary/aromatic N) is 2. The summed E-state index contributed by atoms with van der Waals surface area (Å²) in [6.07, 6.45) is 5.72. The Morgan fingerprint density at radius 1 is 1.02 bits per heavy atom. The zero-order chi connectivity index (χ0) is 28.0. The molecular formula is C30H42N4O5S. The summed E-state index contributed by atoms with van der Waals surface area (Å²) in [7, 11) is 0. The number of anilines is 1. The summed E-state index contributed by atoms with van der Waals surface area (Å²) < 4.78 is 13.7. The molecule has 0 spiro atoms. The number of benzene rings is 2. The highest BCUT2D eigenvalue weighted by Crippen LogP contribution is 2.25. The molecule has 0 radical (unpaired) electrons. The first-order valence-corrected chi connectivity index (χ1v) is 15.1. The molecule has 9 nitrogen and oxygen atoms in total. The molecule has 0 fully saturated rings. The molecule has 0 aliphatic carbocycles. The third-order valence-corrected chi connectivity index (χ3v) is 7.75. The molecule has 218 valence electrons. The quantitative estimate of drug-likeness (QED) is 0.135. The van der Waals surface area contributed by atoms with Gasteiger partial charge >= 0.3 is 0 Å². The summed E-state index contributed by atoms with van der Waals surface area (Å²) in [6, 6.07) is 13.1. The van der Waals surface area contributed by atoms with E-state index >= 15 is 0 Å². The third-order valence-electron chi connectivity index (χ3n) is 6.78. The van der Waals surface area contributed by atoms with Gasteiger partial charge in [0.05, 0.1) is 44.8 Å². The standard InChI is InChI=1S/C30H42N4O5S/c35-21-25-17-24(8-9-28(25)36)29(37)19-31-10-3-1-2-4-12-38-13-14-39-22-23-6-5-7-26(16-23)32-18-27-20-34-11-15-40-30(34)33-27/h5-9,16-17,20,29,31-32,35-37H,1-4,10-15,18-19,21-22H2/t29-/m0/s1. The number of rotatable bonds is 19. The van der Waals surface area contributed by atoms with Gasteiger partial charge in [0, 0.05) is 42.9 Å². The Morgan fingerprint density at radius 2 is 1.90 bits per heavy atom. The van der Waals surface area contributed by atoms with E-state index in [2.05, 4.69) is 44.6 Å². The van der Waals surface area contributed by atoms with E-state index in [1.807, 2.05) is 17.8 Å². The molecule has 0 bridgehead atoms. The molecule has 2 heterocycles. The molecule has 0 saturated heterocycles. The van der Waals surface area contributed by atoms with Crippen LogP contribution >= 0.6 is 11.8 Å². The molecule has 1 aliphatic rings. The minimum Gasteiger partial charge on any atom is -0.508 e. The van der Waals surface area contributed by atoms with Gasteiger partial charge in [-0.1, -0.05) is 42.8 Å². The Bertz CT molecular complexity index is 1150. The van der Waals surface area contributed by atoms with E-state index in [-0.39, 0.29) is 12.4 Å². The van der Waals surface area contributed by atoms with Crippen LogP contribution in [-0.4, -0.2) is 63.5 Å². The van der Waals surface area contributed by atoms with Gasteiger partial charge < -0.3 is 40.0 Å². The van der Waals surface area contributed by atoms with Crippen molar-refractivity contribution in [1.82, 2.24) is 14.9 Å². The summed E-state index contributed by atoms with van der Waals surface area (Å²) in [4.78, 5) is 4.67. The molecule has 1 atom stereocenters. The van der Waals surface area contributed by atoms with Crippen LogP contribution in [0.4, 0.5) is 5.69 Å². The number of aromatic nitrogens is 2. The lowest BCUT2D eigenvalue weighted by molar-refractivity contribution is 0.0393. The number of thioether (sulfide) groups is 1. The van der Waals surface area contributed by atoms with E-state index < -0.39 is 6.10 Å². The molecule has 1 aromatic heterocycles. The fourth-order valence-corrected chi connectivity index (χ4v) is 5.49. The fraction of sp³-hybridized carbons (Fsp3) is 0.500. The minimum atomic E-state index is -0.672. The van der Waals surface area contributed by atoms with Crippen LogP contribution in [0.25, 0.3) is 0 Å². The number of aliphatic hydroxyl groups is 2. The van der Waals surface area contributed by atoms with E-state index in [0.29, 0.717) is 44.0 Å². The monoisotopic (exact) mass is 570 g/mol. The molecule has 0 saturated carbocycles. The van der Waals surface area contributed by atoms with Crippen LogP contribution in [0.2, 0.25) is 0 Å². The molecule has 0 unspecified atom stereocenters. The van der Waals surface area contributed by atoms with Gasteiger partial charge in [0.2, 0.25) is 0 Å². The zero-order valence-electron chi connectivity index (χ0n) is 23.1. The van der Waals surface area contributed by atoms with E-state index in [9.17, 15) is 15.3 Å². The lowest BCUT2D eigenvalue weighted by atomic mass is 10.1. The first-order valence-electron chi connectivity index (χ1n) is 14.1. The van der Waals surface area contributed by atoms with Crippen molar-refractivity contribution < 1.29 is 24.8 Å². The van der Waals surface area contributed by atoms with Gasteiger partial charge in [-0.25, -0.2) is 4.98 Å². The Morgan fingerprint density at radius 3 is 2.77 bits per heavy atom. The number of hydrogen-bond acceptors (Lipinski definition) is 9. The van der Waals surface area contributed by atoms with E-state index in [1.165, 1.54) is 6.07 Å².